The van der Waals surface area contributed by atoms with Gasteiger partial charge in [0, 0.05) is 21.7 Å². The third kappa shape index (κ3) is 5.18. The number of ether oxygens (including phenoxy) is 1. The Kier molecular flexibility index (Phi) is 7.38. The highest BCUT2D eigenvalue weighted by Crippen LogP contribution is 2.35. The van der Waals surface area contributed by atoms with Crippen molar-refractivity contribution in [3.63, 3.8) is 0 Å². The predicted octanol–water partition coefficient (Wildman–Crippen LogP) is 7.32. The number of amides is 2. The Bertz CT molecular complexity index is 1330. The van der Waals surface area contributed by atoms with Gasteiger partial charge in [0.25, 0.3) is 11.1 Å². The lowest BCUT2D eigenvalue weighted by atomic mass is 10.1. The summed E-state index contributed by atoms with van der Waals surface area (Å²) in [4.78, 5) is 38.7. The van der Waals surface area contributed by atoms with Gasteiger partial charge >= 0.3 is 5.97 Å². The van der Waals surface area contributed by atoms with E-state index in [0.29, 0.717) is 32.7 Å². The van der Waals surface area contributed by atoms with E-state index in [9.17, 15) is 14.4 Å². The highest BCUT2D eigenvalue weighted by molar-refractivity contribution is 8.18. The van der Waals surface area contributed by atoms with Crippen molar-refractivity contribution < 1.29 is 23.5 Å². The van der Waals surface area contributed by atoms with Crippen LogP contribution in [0.2, 0.25) is 15.1 Å². The molecule has 10 heteroatoms. The summed E-state index contributed by atoms with van der Waals surface area (Å²) >= 11 is 19.0. The summed E-state index contributed by atoms with van der Waals surface area (Å²) in [5.41, 5.74) is 1.44. The van der Waals surface area contributed by atoms with Crippen LogP contribution >= 0.6 is 46.6 Å². The van der Waals surface area contributed by atoms with Crippen molar-refractivity contribution in [3.05, 3.63) is 85.4 Å². The molecule has 3 aromatic rings. The van der Waals surface area contributed by atoms with Crippen molar-refractivity contribution in [1.29, 1.82) is 0 Å². The number of furan rings is 1. The Balaban J connectivity index is 1.54. The van der Waals surface area contributed by atoms with Crippen LogP contribution in [-0.4, -0.2) is 28.6 Å². The van der Waals surface area contributed by atoms with E-state index in [2.05, 4.69) is 0 Å². The molecule has 0 radical (unpaired) electrons. The van der Waals surface area contributed by atoms with Crippen molar-refractivity contribution in [2.45, 2.75) is 13.5 Å². The molecule has 0 bridgehead atoms. The van der Waals surface area contributed by atoms with Crippen molar-refractivity contribution in [1.82, 2.24) is 4.90 Å². The molecule has 0 atom stereocenters. The fraction of sp³-hybridized carbons (Fsp3) is 0.125. The molecule has 0 N–H and O–H groups in total. The first-order valence-electron chi connectivity index (χ1n) is 10.0. The molecule has 2 heterocycles. The SMILES string of the molecule is CCOC(=O)c1cc(-c2ccc(/C=C3/SC(=O)N(Cc4ccc(Cl)cc4Cl)C3=O)o2)ccc1Cl. The zero-order chi connectivity index (χ0) is 24.4. The highest BCUT2D eigenvalue weighted by atomic mass is 35.5. The van der Waals surface area contributed by atoms with Gasteiger partial charge in [-0.15, -0.1) is 0 Å². The van der Waals surface area contributed by atoms with Crippen LogP contribution < -0.4 is 0 Å². The average Bonchev–Trinajstić information content (AvgIpc) is 3.36. The summed E-state index contributed by atoms with van der Waals surface area (Å²) in [6.07, 6.45) is 1.50. The lowest BCUT2D eigenvalue weighted by Gasteiger charge is -2.13. The molecule has 0 aliphatic carbocycles. The average molecular weight is 537 g/mol. The smallest absolute Gasteiger partial charge is 0.339 e. The highest BCUT2D eigenvalue weighted by Gasteiger charge is 2.35. The molecular weight excluding hydrogens is 521 g/mol. The van der Waals surface area contributed by atoms with Crippen molar-refractivity contribution in [2.24, 2.45) is 0 Å². The topological polar surface area (TPSA) is 76.8 Å². The molecule has 1 aliphatic rings. The first kappa shape index (κ1) is 24.4. The number of benzene rings is 2. The van der Waals surface area contributed by atoms with E-state index < -0.39 is 17.1 Å². The van der Waals surface area contributed by atoms with Gasteiger partial charge in [-0.25, -0.2) is 4.79 Å². The van der Waals surface area contributed by atoms with Crippen LogP contribution in [0, 0.1) is 0 Å². The summed E-state index contributed by atoms with van der Waals surface area (Å²) in [5.74, 6) is -0.149. The summed E-state index contributed by atoms with van der Waals surface area (Å²) in [5, 5.41) is 0.692. The Morgan fingerprint density at radius 3 is 2.59 bits per heavy atom. The van der Waals surface area contributed by atoms with Crippen LogP contribution in [0.3, 0.4) is 0 Å². The molecule has 4 rings (SSSR count). The standard InChI is InChI=1S/C24H16Cl3NO5S/c1-2-32-23(30)17-9-13(4-7-18(17)26)20-8-6-16(33-20)11-21-22(29)28(24(31)34-21)12-14-3-5-15(25)10-19(14)27/h3-11H,2,12H2,1H3/b21-11+. The molecule has 6 nitrogen and oxygen atoms in total. The Morgan fingerprint density at radius 1 is 1.06 bits per heavy atom. The number of rotatable bonds is 6. The summed E-state index contributed by atoms with van der Waals surface area (Å²) < 4.78 is 10.9. The normalized spacial score (nSPS) is 14.8. The maximum Gasteiger partial charge on any atom is 0.339 e. The second-order valence-corrected chi connectivity index (χ2v) is 9.36. The van der Waals surface area contributed by atoms with Crippen molar-refractivity contribution >= 4 is 69.8 Å². The van der Waals surface area contributed by atoms with Gasteiger partial charge in [-0.05, 0) is 66.7 Å². The van der Waals surface area contributed by atoms with E-state index in [1.807, 2.05) is 0 Å². The molecule has 34 heavy (non-hydrogen) atoms. The van der Waals surface area contributed by atoms with Gasteiger partial charge in [0.15, 0.2) is 0 Å². The largest absolute Gasteiger partial charge is 0.462 e. The monoisotopic (exact) mass is 535 g/mol. The molecule has 2 amide bonds. The second kappa shape index (κ2) is 10.3. The zero-order valence-corrected chi connectivity index (χ0v) is 20.7. The number of hydrogen-bond donors (Lipinski definition) is 0. The lowest BCUT2D eigenvalue weighted by molar-refractivity contribution is -0.123. The molecule has 1 saturated heterocycles. The van der Waals surface area contributed by atoms with Gasteiger partial charge in [0.2, 0.25) is 0 Å². The van der Waals surface area contributed by atoms with Crippen molar-refractivity contribution in [2.75, 3.05) is 6.61 Å². The van der Waals surface area contributed by atoms with E-state index in [-0.39, 0.29) is 28.6 Å². The molecular formula is C24H16Cl3NO5S. The van der Waals surface area contributed by atoms with E-state index in [4.69, 9.17) is 44.0 Å². The number of esters is 1. The van der Waals surface area contributed by atoms with Crippen LogP contribution in [-0.2, 0) is 16.1 Å². The van der Waals surface area contributed by atoms with E-state index >= 15 is 0 Å². The van der Waals surface area contributed by atoms with Crippen LogP contribution in [0.5, 0.6) is 0 Å². The molecule has 2 aromatic carbocycles. The minimum absolute atomic E-state index is 0.0306. The second-order valence-electron chi connectivity index (χ2n) is 7.12. The Labute approximate surface area is 214 Å². The molecule has 0 spiro atoms. The van der Waals surface area contributed by atoms with E-state index in [1.54, 1.807) is 55.5 Å². The van der Waals surface area contributed by atoms with E-state index in [0.717, 1.165) is 16.7 Å². The molecule has 0 unspecified atom stereocenters. The van der Waals surface area contributed by atoms with Gasteiger partial charge < -0.3 is 9.15 Å². The number of hydrogen-bond acceptors (Lipinski definition) is 6. The molecule has 0 saturated carbocycles. The fourth-order valence-electron chi connectivity index (χ4n) is 3.22. The Hall–Kier alpha value is -2.71. The first-order chi connectivity index (χ1) is 16.3. The van der Waals surface area contributed by atoms with Gasteiger partial charge in [-0.3, -0.25) is 14.5 Å². The predicted molar refractivity (Wildman–Crippen MR) is 133 cm³/mol. The lowest BCUT2D eigenvalue weighted by Crippen LogP contribution is -2.27. The molecule has 174 valence electrons. The summed E-state index contributed by atoms with van der Waals surface area (Å²) in [6, 6.07) is 13.1. The van der Waals surface area contributed by atoms with Gasteiger partial charge in [-0.2, -0.15) is 0 Å². The van der Waals surface area contributed by atoms with Crippen molar-refractivity contribution in [3.8, 4) is 11.3 Å². The quantitative estimate of drug-likeness (QED) is 0.243. The first-order valence-corrected chi connectivity index (χ1v) is 12.0. The number of carbonyl (C=O) groups excluding carboxylic acids is 3. The molecule has 1 aromatic heterocycles. The number of imide groups is 1. The maximum atomic E-state index is 12.8. The third-order valence-electron chi connectivity index (χ3n) is 4.86. The number of nitrogens with zero attached hydrogens (tertiary/aromatic N) is 1. The van der Waals surface area contributed by atoms with Gasteiger partial charge in [0.05, 0.1) is 28.6 Å². The van der Waals surface area contributed by atoms with Crippen LogP contribution in [0.15, 0.2) is 57.9 Å². The minimum atomic E-state index is -0.532. The number of carbonyl (C=O) groups is 3. The maximum absolute atomic E-state index is 12.8. The van der Waals surface area contributed by atoms with Crippen LogP contribution in [0.4, 0.5) is 4.79 Å². The van der Waals surface area contributed by atoms with Gasteiger partial charge in [0.1, 0.15) is 11.5 Å². The van der Waals surface area contributed by atoms with Gasteiger partial charge in [-0.1, -0.05) is 40.9 Å². The minimum Gasteiger partial charge on any atom is -0.462 e. The van der Waals surface area contributed by atoms with E-state index in [1.165, 1.54) is 6.08 Å². The Morgan fingerprint density at radius 2 is 1.85 bits per heavy atom. The van der Waals surface area contributed by atoms with Crippen LogP contribution in [0.25, 0.3) is 17.4 Å². The molecule has 1 aliphatic heterocycles. The summed E-state index contributed by atoms with van der Waals surface area (Å²) in [6.45, 7) is 1.96. The van der Waals surface area contributed by atoms with Crippen LogP contribution in [0.1, 0.15) is 28.6 Å². The zero-order valence-electron chi connectivity index (χ0n) is 17.6. The molecule has 1 fully saturated rings. The number of thioether (sulfide) groups is 1. The fourth-order valence-corrected chi connectivity index (χ4v) is 4.70. The summed E-state index contributed by atoms with van der Waals surface area (Å²) in [7, 11) is 0. The third-order valence-corrected chi connectivity index (χ3v) is 6.69. The number of halogens is 3.